The lowest BCUT2D eigenvalue weighted by Crippen LogP contribution is -2.30. The van der Waals surface area contributed by atoms with Crippen molar-refractivity contribution in [2.75, 3.05) is 13.2 Å². The summed E-state index contributed by atoms with van der Waals surface area (Å²) >= 11 is 0. The average Bonchev–Trinajstić information content (AvgIpc) is 3.33. The Bertz CT molecular complexity index is 1440. The molecule has 0 spiro atoms. The molecule has 0 aromatic heterocycles. The predicted molar refractivity (Wildman–Crippen MR) is 288 cm³/mol. The van der Waals surface area contributed by atoms with Gasteiger partial charge in [0.05, 0.1) is 0 Å². The third kappa shape index (κ3) is 52.6. The fourth-order valence-corrected chi connectivity index (χ4v) is 6.98. The summed E-state index contributed by atoms with van der Waals surface area (Å²) in [5.74, 6) is -1.04. The third-order valence-corrected chi connectivity index (χ3v) is 11.0. The number of allylic oxidation sites excluding steroid dienone is 20. The van der Waals surface area contributed by atoms with Crippen LogP contribution in [-0.2, 0) is 28.6 Å². The largest absolute Gasteiger partial charge is 0.462 e. The fraction of sp³-hybridized carbons (Fsp3) is 0.623. The van der Waals surface area contributed by atoms with Crippen LogP contribution in [-0.4, -0.2) is 37.2 Å². The van der Waals surface area contributed by atoms with Crippen LogP contribution in [0.3, 0.4) is 0 Å². The van der Waals surface area contributed by atoms with Crippen LogP contribution in [0.15, 0.2) is 122 Å². The lowest BCUT2D eigenvalue weighted by atomic mass is 10.0. The molecule has 0 heterocycles. The first-order valence-electron chi connectivity index (χ1n) is 27.0. The minimum atomic E-state index is -0.832. The minimum absolute atomic E-state index is 0.120. The van der Waals surface area contributed by atoms with Crippen LogP contribution in [0.4, 0.5) is 0 Å². The van der Waals surface area contributed by atoms with E-state index in [4.69, 9.17) is 14.2 Å². The summed E-state index contributed by atoms with van der Waals surface area (Å²) in [6, 6.07) is 0. The molecule has 1 atom stereocenters. The van der Waals surface area contributed by atoms with E-state index in [0.29, 0.717) is 19.3 Å². The molecule has 378 valence electrons. The molecule has 6 heteroatoms. The van der Waals surface area contributed by atoms with Gasteiger partial charge in [0.25, 0.3) is 0 Å². The van der Waals surface area contributed by atoms with Crippen molar-refractivity contribution in [2.45, 2.75) is 232 Å². The summed E-state index contributed by atoms with van der Waals surface area (Å²) in [6.45, 7) is 6.31. The number of esters is 3. The van der Waals surface area contributed by atoms with Crippen LogP contribution < -0.4 is 0 Å². The normalized spacial score (nSPS) is 13.1. The number of unbranched alkanes of at least 4 members (excludes halogenated alkanes) is 16. The van der Waals surface area contributed by atoms with Crippen molar-refractivity contribution in [3.8, 4) is 0 Å². The molecule has 0 N–H and O–H groups in total. The predicted octanol–water partition coefficient (Wildman–Crippen LogP) is 18.1. The Hall–Kier alpha value is -4.19. The highest BCUT2D eigenvalue weighted by Gasteiger charge is 2.19. The second-order valence-electron chi connectivity index (χ2n) is 17.4. The summed E-state index contributed by atoms with van der Waals surface area (Å²) in [6.07, 6.45) is 74.8. The van der Waals surface area contributed by atoms with Gasteiger partial charge in [0.15, 0.2) is 6.10 Å². The molecule has 0 rings (SSSR count). The van der Waals surface area contributed by atoms with E-state index < -0.39 is 6.10 Å². The van der Waals surface area contributed by atoms with Crippen molar-refractivity contribution in [3.05, 3.63) is 122 Å². The first-order chi connectivity index (χ1) is 33.0. The Morgan fingerprint density at radius 3 is 0.910 bits per heavy atom. The molecule has 0 saturated heterocycles. The topological polar surface area (TPSA) is 78.9 Å². The van der Waals surface area contributed by atoms with Crippen LogP contribution in [0, 0.1) is 0 Å². The number of carbonyl (C=O) groups excluding carboxylic acids is 3. The Morgan fingerprint density at radius 1 is 0.313 bits per heavy atom. The number of rotatable bonds is 47. The molecule has 0 amide bonds. The van der Waals surface area contributed by atoms with E-state index in [2.05, 4.69) is 142 Å². The molecule has 0 aromatic carbocycles. The van der Waals surface area contributed by atoms with Gasteiger partial charge in [0, 0.05) is 19.3 Å². The van der Waals surface area contributed by atoms with Gasteiger partial charge in [-0.2, -0.15) is 0 Å². The van der Waals surface area contributed by atoms with Crippen LogP contribution >= 0.6 is 0 Å². The number of hydrogen-bond acceptors (Lipinski definition) is 6. The van der Waals surface area contributed by atoms with Crippen LogP contribution in [0.1, 0.15) is 226 Å². The summed E-state index contributed by atoms with van der Waals surface area (Å²) in [5, 5.41) is 0. The second-order valence-corrected chi connectivity index (χ2v) is 17.4. The van der Waals surface area contributed by atoms with Gasteiger partial charge in [0.2, 0.25) is 0 Å². The molecular weight excluding hydrogens is 829 g/mol. The first kappa shape index (κ1) is 62.8. The van der Waals surface area contributed by atoms with Gasteiger partial charge < -0.3 is 14.2 Å². The highest BCUT2D eigenvalue weighted by molar-refractivity contribution is 5.71. The maximum atomic E-state index is 12.8. The van der Waals surface area contributed by atoms with Crippen molar-refractivity contribution in [1.82, 2.24) is 0 Å². The van der Waals surface area contributed by atoms with Crippen LogP contribution in [0.2, 0.25) is 0 Å². The van der Waals surface area contributed by atoms with Crippen LogP contribution in [0.25, 0.3) is 0 Å². The van der Waals surface area contributed by atoms with Gasteiger partial charge in [-0.25, -0.2) is 0 Å². The molecule has 0 radical (unpaired) electrons. The molecule has 0 fully saturated rings. The smallest absolute Gasteiger partial charge is 0.306 e. The SMILES string of the molecule is CC/C=C\C/C=C\C/C=C\C/C=C\C/C=C\CCCC(=O)OCC(COC(=O)CCCCCCCCCCCCCCCCC)OC(=O)CCC/C=C\C/C=C\C/C=C\C/C=C\C/C=C\CC. The lowest BCUT2D eigenvalue weighted by Gasteiger charge is -2.18. The highest BCUT2D eigenvalue weighted by atomic mass is 16.6. The Labute approximate surface area is 412 Å². The van der Waals surface area contributed by atoms with Crippen molar-refractivity contribution < 1.29 is 28.6 Å². The Balaban J connectivity index is 4.58. The second kappa shape index (κ2) is 54.4. The molecule has 0 bridgehead atoms. The third-order valence-electron chi connectivity index (χ3n) is 11.0. The zero-order valence-electron chi connectivity index (χ0n) is 43.1. The van der Waals surface area contributed by atoms with Gasteiger partial charge in [-0.3, -0.25) is 14.4 Å². The minimum Gasteiger partial charge on any atom is -0.462 e. The van der Waals surface area contributed by atoms with Crippen molar-refractivity contribution in [2.24, 2.45) is 0 Å². The van der Waals surface area contributed by atoms with E-state index in [1.165, 1.54) is 77.0 Å². The summed E-state index contributed by atoms with van der Waals surface area (Å²) in [5.41, 5.74) is 0. The molecular formula is C61H98O6. The van der Waals surface area contributed by atoms with Crippen LogP contribution in [0.5, 0.6) is 0 Å². The summed E-state index contributed by atoms with van der Waals surface area (Å²) < 4.78 is 16.7. The molecule has 67 heavy (non-hydrogen) atoms. The zero-order valence-corrected chi connectivity index (χ0v) is 43.1. The molecule has 0 aliphatic heterocycles. The van der Waals surface area contributed by atoms with E-state index in [1.807, 2.05) is 0 Å². The maximum absolute atomic E-state index is 12.8. The van der Waals surface area contributed by atoms with E-state index >= 15 is 0 Å². The monoisotopic (exact) mass is 927 g/mol. The van der Waals surface area contributed by atoms with Gasteiger partial charge in [-0.1, -0.05) is 232 Å². The van der Waals surface area contributed by atoms with Gasteiger partial charge in [0.1, 0.15) is 13.2 Å². The van der Waals surface area contributed by atoms with E-state index in [1.54, 1.807) is 0 Å². The standard InChI is InChI=1S/C61H98O6/c1-4-7-10-13-16-19-22-25-28-30-33-36-39-42-45-48-51-54-60(63)66-57-58(56-65-59(62)53-50-47-44-41-38-35-32-27-24-21-18-15-12-9-6-3)67-61(64)55-52-49-46-43-40-37-34-31-29-26-23-20-17-14-11-8-5-2/h7-8,10-11,16-17,19-20,25-26,28-29,33-34,36-37,42-43,45-46,58H,4-6,9,12-15,18,21-24,27,30-32,35,38-41,44,47-57H2,1-3H3/b10-7-,11-8-,19-16-,20-17-,28-25-,29-26-,36-33-,37-34-,45-42-,46-43-. The quantitative estimate of drug-likeness (QED) is 0.0262. The molecule has 0 aliphatic rings. The van der Waals surface area contributed by atoms with Gasteiger partial charge in [-0.15, -0.1) is 0 Å². The molecule has 6 nitrogen and oxygen atoms in total. The zero-order chi connectivity index (χ0) is 48.6. The van der Waals surface area contributed by atoms with Crippen molar-refractivity contribution >= 4 is 17.9 Å². The Kier molecular flexibility index (Phi) is 51.0. The number of carbonyl (C=O) groups is 3. The summed E-state index contributed by atoms with van der Waals surface area (Å²) in [7, 11) is 0. The summed E-state index contributed by atoms with van der Waals surface area (Å²) in [4.78, 5) is 38.0. The molecule has 0 aliphatic carbocycles. The maximum Gasteiger partial charge on any atom is 0.306 e. The van der Waals surface area contributed by atoms with Crippen molar-refractivity contribution in [1.29, 1.82) is 0 Å². The Morgan fingerprint density at radius 2 is 0.582 bits per heavy atom. The number of hydrogen-bond donors (Lipinski definition) is 0. The molecule has 0 saturated carbocycles. The average molecular weight is 927 g/mol. The lowest BCUT2D eigenvalue weighted by molar-refractivity contribution is -0.167. The van der Waals surface area contributed by atoms with E-state index in [-0.39, 0.29) is 44.0 Å². The first-order valence-corrected chi connectivity index (χ1v) is 27.0. The molecule has 0 aromatic rings. The van der Waals surface area contributed by atoms with Crippen molar-refractivity contribution in [3.63, 3.8) is 0 Å². The van der Waals surface area contributed by atoms with E-state index in [0.717, 1.165) is 96.3 Å². The number of ether oxygens (including phenoxy) is 3. The fourth-order valence-electron chi connectivity index (χ4n) is 6.98. The van der Waals surface area contributed by atoms with E-state index in [9.17, 15) is 14.4 Å². The van der Waals surface area contributed by atoms with Gasteiger partial charge >= 0.3 is 17.9 Å². The highest BCUT2D eigenvalue weighted by Crippen LogP contribution is 2.14. The molecule has 1 unspecified atom stereocenters. The van der Waals surface area contributed by atoms with Gasteiger partial charge in [-0.05, 0) is 96.3 Å².